The van der Waals surface area contributed by atoms with Crippen LogP contribution in [0.4, 0.5) is 10.1 Å². The van der Waals surface area contributed by atoms with Gasteiger partial charge >= 0.3 is 0 Å². The van der Waals surface area contributed by atoms with E-state index in [1.807, 2.05) is 13.8 Å². The van der Waals surface area contributed by atoms with Crippen LogP contribution in [0.3, 0.4) is 0 Å². The molecule has 0 aliphatic rings. The maximum atomic E-state index is 13.5. The summed E-state index contributed by atoms with van der Waals surface area (Å²) in [5.74, 6) is -0.171. The lowest BCUT2D eigenvalue weighted by molar-refractivity contribution is -0.119. The highest BCUT2D eigenvalue weighted by molar-refractivity contribution is 7.92. The van der Waals surface area contributed by atoms with Gasteiger partial charge in [-0.1, -0.05) is 30.4 Å². The lowest BCUT2D eigenvalue weighted by Gasteiger charge is -2.23. The first-order valence-electron chi connectivity index (χ1n) is 11.4. The number of nitrogens with zero attached hydrogens (tertiary/aromatic N) is 2. The van der Waals surface area contributed by atoms with Gasteiger partial charge in [-0.05, 0) is 74.0 Å². The van der Waals surface area contributed by atoms with Crippen LogP contribution >= 0.6 is 0 Å². The van der Waals surface area contributed by atoms with Crippen LogP contribution in [0.2, 0.25) is 0 Å². The standard InChI is InChI=1S/C27H28FN3O5S/c1-4-16-36-25-15-8-21(17-26(25)35-5-2)18-29-30-27(32)19-31(23-11-9-22(28)10-12-23)37(33,34)24-13-6-20(3)7-14-24/h4,6-15,17-18H,1,5,16,19H2,2-3H3,(H,30,32)/b29-18-. The molecule has 0 aromatic heterocycles. The summed E-state index contributed by atoms with van der Waals surface area (Å²) in [6.07, 6.45) is 3.02. The molecule has 3 aromatic rings. The van der Waals surface area contributed by atoms with Crippen molar-refractivity contribution < 1.29 is 27.1 Å². The number of sulfonamides is 1. The molecule has 3 rings (SSSR count). The van der Waals surface area contributed by atoms with Crippen LogP contribution in [0.1, 0.15) is 18.1 Å². The van der Waals surface area contributed by atoms with Crippen LogP contribution in [0.15, 0.2) is 89.4 Å². The van der Waals surface area contributed by atoms with Crippen molar-refractivity contribution in [1.82, 2.24) is 5.43 Å². The number of hydrogen-bond donors (Lipinski definition) is 1. The van der Waals surface area contributed by atoms with Crippen molar-refractivity contribution in [2.45, 2.75) is 18.7 Å². The first kappa shape index (κ1) is 27.4. The van der Waals surface area contributed by atoms with Gasteiger partial charge in [0, 0.05) is 0 Å². The summed E-state index contributed by atoms with van der Waals surface area (Å²) >= 11 is 0. The number of nitrogens with one attached hydrogen (secondary N) is 1. The predicted molar refractivity (Wildman–Crippen MR) is 141 cm³/mol. The number of hydrogen-bond acceptors (Lipinski definition) is 6. The Morgan fingerprint density at radius 3 is 2.41 bits per heavy atom. The molecule has 10 heteroatoms. The zero-order chi connectivity index (χ0) is 26.8. The van der Waals surface area contributed by atoms with Crippen molar-refractivity contribution in [3.8, 4) is 11.5 Å². The minimum Gasteiger partial charge on any atom is -0.490 e. The number of carbonyl (C=O) groups excluding carboxylic acids is 1. The Morgan fingerprint density at radius 2 is 1.76 bits per heavy atom. The second-order valence-corrected chi connectivity index (χ2v) is 9.70. The van der Waals surface area contributed by atoms with Gasteiger partial charge in [0.05, 0.1) is 23.4 Å². The smallest absolute Gasteiger partial charge is 0.264 e. The van der Waals surface area contributed by atoms with Gasteiger partial charge in [-0.15, -0.1) is 0 Å². The molecule has 1 amide bonds. The van der Waals surface area contributed by atoms with E-state index in [9.17, 15) is 17.6 Å². The maximum absolute atomic E-state index is 13.5. The minimum absolute atomic E-state index is 0.000873. The predicted octanol–water partition coefficient (Wildman–Crippen LogP) is 4.44. The van der Waals surface area contributed by atoms with E-state index in [1.165, 1.54) is 30.5 Å². The van der Waals surface area contributed by atoms with Gasteiger partial charge in [-0.2, -0.15) is 5.10 Å². The topological polar surface area (TPSA) is 97.3 Å². The van der Waals surface area contributed by atoms with Crippen LogP contribution in [-0.4, -0.2) is 40.3 Å². The zero-order valence-corrected chi connectivity index (χ0v) is 21.4. The molecule has 0 saturated heterocycles. The third-order valence-corrected chi connectivity index (χ3v) is 6.83. The highest BCUT2D eigenvalue weighted by Crippen LogP contribution is 2.28. The van der Waals surface area contributed by atoms with Crippen molar-refractivity contribution >= 4 is 27.8 Å². The number of rotatable bonds is 12. The molecule has 1 N–H and O–H groups in total. The average molecular weight is 526 g/mol. The molecular formula is C27H28FN3O5S. The van der Waals surface area contributed by atoms with Crippen LogP contribution in [0.25, 0.3) is 0 Å². The van der Waals surface area contributed by atoms with E-state index in [0.29, 0.717) is 30.3 Å². The number of ether oxygens (including phenoxy) is 2. The molecule has 194 valence electrons. The number of aryl methyl sites for hydroxylation is 1. The van der Waals surface area contributed by atoms with Gasteiger partial charge in [0.2, 0.25) is 0 Å². The fourth-order valence-corrected chi connectivity index (χ4v) is 4.67. The number of benzene rings is 3. The normalized spacial score (nSPS) is 11.2. The fraction of sp³-hybridized carbons (Fsp3) is 0.185. The van der Waals surface area contributed by atoms with E-state index in [0.717, 1.165) is 22.0 Å². The molecule has 0 heterocycles. The number of hydrazone groups is 1. The van der Waals surface area contributed by atoms with E-state index in [1.54, 1.807) is 36.4 Å². The Hall–Kier alpha value is -4.18. The molecule has 0 spiro atoms. The second-order valence-electron chi connectivity index (χ2n) is 7.83. The van der Waals surface area contributed by atoms with Gasteiger partial charge in [0.1, 0.15) is 19.0 Å². The lowest BCUT2D eigenvalue weighted by Crippen LogP contribution is -2.39. The molecule has 0 unspecified atom stereocenters. The Morgan fingerprint density at radius 1 is 1.05 bits per heavy atom. The number of halogens is 1. The SMILES string of the molecule is C=CCOc1ccc(/C=N\NC(=O)CN(c2ccc(F)cc2)S(=O)(=O)c2ccc(C)cc2)cc1OCC. The van der Waals surface area contributed by atoms with Crippen LogP contribution in [-0.2, 0) is 14.8 Å². The van der Waals surface area contributed by atoms with E-state index < -0.39 is 28.3 Å². The Bertz CT molecular complexity index is 1360. The van der Waals surface area contributed by atoms with E-state index in [4.69, 9.17) is 9.47 Å². The molecule has 0 aliphatic carbocycles. The third-order valence-electron chi connectivity index (χ3n) is 5.04. The Kier molecular flexibility index (Phi) is 9.39. The average Bonchev–Trinajstić information content (AvgIpc) is 2.88. The molecule has 8 nitrogen and oxygen atoms in total. The van der Waals surface area contributed by atoms with Crippen LogP contribution < -0.4 is 19.2 Å². The molecule has 0 fully saturated rings. The highest BCUT2D eigenvalue weighted by Gasteiger charge is 2.27. The molecule has 3 aromatic carbocycles. The highest BCUT2D eigenvalue weighted by atomic mass is 32.2. The van der Waals surface area contributed by atoms with Crippen molar-refractivity contribution in [2.75, 3.05) is 24.1 Å². The number of carbonyl (C=O) groups is 1. The van der Waals surface area contributed by atoms with Gasteiger partial charge in [-0.25, -0.2) is 18.2 Å². The van der Waals surface area contributed by atoms with E-state index >= 15 is 0 Å². The zero-order valence-electron chi connectivity index (χ0n) is 20.6. The summed E-state index contributed by atoms with van der Waals surface area (Å²) < 4.78 is 52.2. The van der Waals surface area contributed by atoms with Crippen LogP contribution in [0.5, 0.6) is 11.5 Å². The van der Waals surface area contributed by atoms with E-state index in [2.05, 4.69) is 17.1 Å². The lowest BCUT2D eigenvalue weighted by atomic mass is 10.2. The van der Waals surface area contributed by atoms with Crippen molar-refractivity contribution in [3.05, 3.63) is 96.3 Å². The first-order chi connectivity index (χ1) is 17.7. The third kappa shape index (κ3) is 7.40. The number of amides is 1. The summed E-state index contributed by atoms with van der Waals surface area (Å²) in [5, 5.41) is 3.94. The van der Waals surface area contributed by atoms with Crippen molar-refractivity contribution in [1.29, 1.82) is 0 Å². The molecule has 0 atom stereocenters. The largest absolute Gasteiger partial charge is 0.490 e. The fourth-order valence-electron chi connectivity index (χ4n) is 3.25. The molecule has 37 heavy (non-hydrogen) atoms. The Labute approximate surface area is 216 Å². The van der Waals surface area contributed by atoms with E-state index in [-0.39, 0.29) is 10.6 Å². The summed E-state index contributed by atoms with van der Waals surface area (Å²) in [6, 6.07) is 16.2. The molecular weight excluding hydrogens is 497 g/mol. The van der Waals surface area contributed by atoms with Crippen LogP contribution in [0, 0.1) is 12.7 Å². The summed E-state index contributed by atoms with van der Waals surface area (Å²) in [6.45, 7) is 7.47. The summed E-state index contributed by atoms with van der Waals surface area (Å²) in [4.78, 5) is 12.7. The minimum atomic E-state index is -4.12. The summed E-state index contributed by atoms with van der Waals surface area (Å²) in [7, 11) is -4.12. The Balaban J connectivity index is 1.78. The van der Waals surface area contributed by atoms with Gasteiger partial charge < -0.3 is 9.47 Å². The maximum Gasteiger partial charge on any atom is 0.264 e. The second kappa shape index (κ2) is 12.7. The summed E-state index contributed by atoms with van der Waals surface area (Å²) in [5.41, 5.74) is 3.98. The number of anilines is 1. The van der Waals surface area contributed by atoms with Gasteiger partial charge in [0.15, 0.2) is 11.5 Å². The molecule has 0 aliphatic heterocycles. The molecule has 0 radical (unpaired) electrons. The monoisotopic (exact) mass is 525 g/mol. The quantitative estimate of drug-likeness (QED) is 0.214. The first-order valence-corrected chi connectivity index (χ1v) is 12.9. The van der Waals surface area contributed by atoms with Gasteiger partial charge in [-0.3, -0.25) is 9.10 Å². The molecule has 0 saturated carbocycles. The van der Waals surface area contributed by atoms with Crippen molar-refractivity contribution in [3.63, 3.8) is 0 Å². The molecule has 0 bridgehead atoms. The van der Waals surface area contributed by atoms with Crippen molar-refractivity contribution in [2.24, 2.45) is 5.10 Å². The van der Waals surface area contributed by atoms with Gasteiger partial charge in [0.25, 0.3) is 15.9 Å².